The van der Waals surface area contributed by atoms with E-state index in [0.717, 1.165) is 11.5 Å². The van der Waals surface area contributed by atoms with Crippen LogP contribution in [0.1, 0.15) is 11.1 Å². The molecule has 2 aromatic rings. The summed E-state index contributed by atoms with van der Waals surface area (Å²) in [6.07, 6.45) is 1.41. The number of benzene rings is 2. The normalized spacial score (nSPS) is 11.8. The number of ether oxygens (including phenoxy) is 1. The summed E-state index contributed by atoms with van der Waals surface area (Å²) in [7, 11) is -2.35. The molecule has 0 aliphatic rings. The van der Waals surface area contributed by atoms with Crippen LogP contribution in [0.15, 0.2) is 41.8 Å². The molecule has 122 valence electrons. The molecule has 2 aromatic carbocycles. The van der Waals surface area contributed by atoms with Crippen molar-refractivity contribution in [3.63, 3.8) is 0 Å². The summed E-state index contributed by atoms with van der Waals surface area (Å²) in [6.45, 7) is 0. The molecule has 23 heavy (non-hydrogen) atoms. The Morgan fingerprint density at radius 1 is 1.22 bits per heavy atom. The first-order valence-corrected chi connectivity index (χ1v) is 8.62. The molecule has 0 aliphatic heterocycles. The minimum absolute atomic E-state index is 0.0610. The van der Waals surface area contributed by atoms with Crippen LogP contribution in [-0.2, 0) is 15.6 Å². The molecule has 0 unspecified atom stereocenters. The van der Waals surface area contributed by atoms with Crippen LogP contribution in [0.3, 0.4) is 0 Å². The number of sulfone groups is 1. The molecule has 0 aromatic heterocycles. The van der Waals surface area contributed by atoms with Crippen molar-refractivity contribution in [2.24, 2.45) is 0 Å². The molecule has 0 saturated heterocycles. The van der Waals surface area contributed by atoms with Crippen LogP contribution >= 0.6 is 11.6 Å². The lowest BCUT2D eigenvalue weighted by atomic mass is 10.2. The summed E-state index contributed by atoms with van der Waals surface area (Å²) >= 11 is 5.97. The van der Waals surface area contributed by atoms with E-state index in [1.165, 1.54) is 31.4 Å². The average Bonchev–Trinajstić information content (AvgIpc) is 2.50. The fourth-order valence-electron chi connectivity index (χ4n) is 1.90. The summed E-state index contributed by atoms with van der Waals surface area (Å²) in [5, 5.41) is 10.2. The zero-order valence-electron chi connectivity index (χ0n) is 12.2. The summed E-state index contributed by atoms with van der Waals surface area (Å²) in [6, 6.07) is 8.48. The lowest BCUT2D eigenvalue weighted by molar-refractivity contribution is 0.386. The lowest BCUT2D eigenvalue weighted by Gasteiger charge is -2.09. The number of rotatable bonds is 5. The van der Waals surface area contributed by atoms with Crippen LogP contribution in [0, 0.1) is 5.82 Å². The zero-order chi connectivity index (χ0) is 17.0. The number of aromatic hydroxyl groups is 1. The van der Waals surface area contributed by atoms with E-state index in [9.17, 15) is 17.9 Å². The first-order chi connectivity index (χ1) is 10.8. The van der Waals surface area contributed by atoms with E-state index < -0.39 is 15.7 Å². The molecule has 0 heterocycles. The summed E-state index contributed by atoms with van der Waals surface area (Å²) in [5.41, 5.74) is 0.870. The van der Waals surface area contributed by atoms with Crippen LogP contribution < -0.4 is 4.74 Å². The minimum atomic E-state index is -3.61. The first-order valence-electron chi connectivity index (χ1n) is 6.53. The third-order valence-corrected chi connectivity index (χ3v) is 4.73. The highest BCUT2D eigenvalue weighted by atomic mass is 35.5. The van der Waals surface area contributed by atoms with Gasteiger partial charge >= 0.3 is 0 Å². The highest BCUT2D eigenvalue weighted by Crippen LogP contribution is 2.32. The highest BCUT2D eigenvalue weighted by Gasteiger charge is 2.17. The number of hydrogen-bond donors (Lipinski definition) is 1. The van der Waals surface area contributed by atoms with Crippen LogP contribution in [-0.4, -0.2) is 20.6 Å². The number of phenolic OH excluding ortho intramolecular Hbond substituents is 1. The Bertz CT molecular complexity index is 830. The second-order valence-electron chi connectivity index (χ2n) is 4.76. The number of halogens is 2. The van der Waals surface area contributed by atoms with Gasteiger partial charge in [0.2, 0.25) is 0 Å². The van der Waals surface area contributed by atoms with Gasteiger partial charge in [0.05, 0.1) is 17.9 Å². The van der Waals surface area contributed by atoms with Crippen molar-refractivity contribution in [2.75, 3.05) is 7.11 Å². The van der Waals surface area contributed by atoms with Gasteiger partial charge < -0.3 is 9.84 Å². The van der Waals surface area contributed by atoms with Gasteiger partial charge in [-0.15, -0.1) is 0 Å². The predicted molar refractivity (Wildman–Crippen MR) is 87.7 cm³/mol. The minimum Gasteiger partial charge on any atom is -0.508 e. The average molecular weight is 357 g/mol. The van der Waals surface area contributed by atoms with Gasteiger partial charge in [0.25, 0.3) is 0 Å². The van der Waals surface area contributed by atoms with Gasteiger partial charge in [-0.3, -0.25) is 0 Å². The fourth-order valence-corrected chi connectivity index (χ4v) is 3.42. The summed E-state index contributed by atoms with van der Waals surface area (Å²) < 4.78 is 42.6. The van der Waals surface area contributed by atoms with Crippen LogP contribution in [0.25, 0.3) is 6.08 Å². The van der Waals surface area contributed by atoms with Gasteiger partial charge in [0.1, 0.15) is 5.75 Å². The van der Waals surface area contributed by atoms with Crippen LogP contribution in [0.2, 0.25) is 5.02 Å². The summed E-state index contributed by atoms with van der Waals surface area (Å²) in [5.74, 6) is -1.12. The van der Waals surface area contributed by atoms with Crippen molar-refractivity contribution in [3.05, 3.63) is 63.8 Å². The smallest absolute Gasteiger partial charge is 0.175 e. The Hall–Kier alpha value is -2.05. The Labute approximate surface area is 138 Å². The quantitative estimate of drug-likeness (QED) is 0.885. The van der Waals surface area contributed by atoms with Gasteiger partial charge in [0.15, 0.2) is 21.4 Å². The number of phenols is 1. The lowest BCUT2D eigenvalue weighted by Crippen LogP contribution is -2.02. The van der Waals surface area contributed by atoms with Crippen LogP contribution in [0.4, 0.5) is 4.39 Å². The molecule has 2 rings (SSSR count). The molecule has 0 aliphatic carbocycles. The van der Waals surface area contributed by atoms with Crippen molar-refractivity contribution in [2.45, 2.75) is 5.75 Å². The van der Waals surface area contributed by atoms with Gasteiger partial charge in [-0.2, -0.15) is 0 Å². The van der Waals surface area contributed by atoms with E-state index in [1.807, 2.05) is 0 Å². The molecule has 1 N–H and O–H groups in total. The van der Waals surface area contributed by atoms with E-state index in [0.29, 0.717) is 5.56 Å². The molecular formula is C16H14ClFO4S. The number of hydrogen-bond acceptors (Lipinski definition) is 4. The third kappa shape index (κ3) is 4.46. The third-order valence-electron chi connectivity index (χ3n) is 3.05. The van der Waals surface area contributed by atoms with Gasteiger partial charge in [-0.1, -0.05) is 29.8 Å². The molecule has 0 saturated carbocycles. The molecule has 0 fully saturated rings. The molecule has 0 bridgehead atoms. The van der Waals surface area contributed by atoms with Crippen molar-refractivity contribution >= 4 is 27.5 Å². The highest BCUT2D eigenvalue weighted by molar-refractivity contribution is 7.93. The van der Waals surface area contributed by atoms with Crippen molar-refractivity contribution in [1.82, 2.24) is 0 Å². The molecule has 0 radical (unpaired) electrons. The van der Waals surface area contributed by atoms with Crippen molar-refractivity contribution in [1.29, 1.82) is 0 Å². The number of methoxy groups -OCH3 is 1. The van der Waals surface area contributed by atoms with E-state index in [-0.39, 0.29) is 27.8 Å². The maximum Gasteiger partial charge on any atom is 0.175 e. The molecule has 0 amide bonds. The first kappa shape index (κ1) is 17.3. The predicted octanol–water partition coefficient (Wildman–Crippen LogP) is 3.78. The van der Waals surface area contributed by atoms with Gasteiger partial charge in [-0.05, 0) is 35.4 Å². The van der Waals surface area contributed by atoms with E-state index in [2.05, 4.69) is 0 Å². The van der Waals surface area contributed by atoms with E-state index in [1.54, 1.807) is 12.1 Å². The Morgan fingerprint density at radius 3 is 2.48 bits per heavy atom. The Morgan fingerprint density at radius 2 is 1.87 bits per heavy atom. The zero-order valence-corrected chi connectivity index (χ0v) is 13.7. The van der Waals surface area contributed by atoms with E-state index >= 15 is 0 Å². The second-order valence-corrected chi connectivity index (χ2v) is 7.02. The van der Waals surface area contributed by atoms with Crippen LogP contribution in [0.5, 0.6) is 11.5 Å². The van der Waals surface area contributed by atoms with Crippen molar-refractivity contribution in [3.8, 4) is 11.5 Å². The Kier molecular flexibility index (Phi) is 5.28. The van der Waals surface area contributed by atoms with E-state index in [4.69, 9.17) is 16.3 Å². The SMILES string of the molecule is COc1c(F)ccc(CS(=O)(=O)C=Cc2ccc(O)cc2)c1Cl. The molecule has 0 spiro atoms. The maximum absolute atomic E-state index is 13.5. The standard InChI is InChI=1S/C16H14ClFO4S/c1-22-16-14(18)7-4-12(15(16)17)10-23(20,21)9-8-11-2-5-13(19)6-3-11/h2-9,19H,10H2,1H3. The molecule has 0 atom stereocenters. The fraction of sp³-hybridized carbons (Fsp3) is 0.125. The second kappa shape index (κ2) is 7.02. The van der Waals surface area contributed by atoms with Crippen molar-refractivity contribution < 1.29 is 22.7 Å². The van der Waals surface area contributed by atoms with Gasteiger partial charge in [-0.25, -0.2) is 12.8 Å². The van der Waals surface area contributed by atoms with Gasteiger partial charge in [0, 0.05) is 5.41 Å². The largest absolute Gasteiger partial charge is 0.508 e. The monoisotopic (exact) mass is 356 g/mol. The molecular weight excluding hydrogens is 343 g/mol. The summed E-state index contributed by atoms with van der Waals surface area (Å²) in [4.78, 5) is 0. The topological polar surface area (TPSA) is 63.6 Å². The molecule has 4 nitrogen and oxygen atoms in total. The maximum atomic E-state index is 13.5. The Balaban J connectivity index is 2.23. The molecule has 7 heteroatoms.